The Balaban J connectivity index is 2.01. The molecular weight excluding hydrogens is 256 g/mol. The highest BCUT2D eigenvalue weighted by atomic mass is 16.5. The summed E-state index contributed by atoms with van der Waals surface area (Å²) in [4.78, 5) is 10.7. The lowest BCUT2D eigenvalue weighted by Crippen LogP contribution is -2.01. The smallest absolute Gasteiger partial charge is 0.307 e. The van der Waals surface area contributed by atoms with Crippen molar-refractivity contribution >= 4 is 5.97 Å². The van der Waals surface area contributed by atoms with E-state index in [0.717, 1.165) is 16.9 Å². The Morgan fingerprint density at radius 3 is 2.40 bits per heavy atom. The first-order valence-electron chi connectivity index (χ1n) is 6.24. The number of hydrogen-bond acceptors (Lipinski definition) is 3. The molecule has 0 aromatic heterocycles. The number of carboxylic acids is 1. The number of benzene rings is 2. The fourth-order valence-corrected chi connectivity index (χ4v) is 1.85. The van der Waals surface area contributed by atoms with E-state index < -0.39 is 5.97 Å². The van der Waals surface area contributed by atoms with E-state index in [2.05, 4.69) is 0 Å². The fourth-order valence-electron chi connectivity index (χ4n) is 1.85. The second kappa shape index (κ2) is 6.61. The lowest BCUT2D eigenvalue weighted by Gasteiger charge is -2.08. The summed E-state index contributed by atoms with van der Waals surface area (Å²) in [5.74, 6) is 0.590. The molecule has 1 N–H and O–H groups in total. The zero-order valence-electron chi connectivity index (χ0n) is 11.2. The van der Waals surface area contributed by atoms with Crippen LogP contribution in [0.1, 0.15) is 11.1 Å². The summed E-state index contributed by atoms with van der Waals surface area (Å²) in [5.41, 5.74) is 1.72. The molecule has 0 aliphatic rings. The third-order valence-corrected chi connectivity index (χ3v) is 2.79. The van der Waals surface area contributed by atoms with Gasteiger partial charge in [-0.05, 0) is 35.4 Å². The maximum Gasteiger partial charge on any atom is 0.307 e. The quantitative estimate of drug-likeness (QED) is 0.878. The van der Waals surface area contributed by atoms with Crippen LogP contribution >= 0.6 is 0 Å². The fraction of sp³-hybridized carbons (Fsp3) is 0.188. The Labute approximate surface area is 117 Å². The van der Waals surface area contributed by atoms with Gasteiger partial charge in [0, 0.05) is 0 Å². The summed E-state index contributed by atoms with van der Waals surface area (Å²) >= 11 is 0. The van der Waals surface area contributed by atoms with E-state index in [1.807, 2.05) is 30.3 Å². The van der Waals surface area contributed by atoms with Crippen LogP contribution in [0.25, 0.3) is 0 Å². The molecule has 2 aromatic carbocycles. The van der Waals surface area contributed by atoms with Gasteiger partial charge in [0.25, 0.3) is 0 Å². The van der Waals surface area contributed by atoms with E-state index in [1.54, 1.807) is 25.3 Å². The Morgan fingerprint density at radius 2 is 1.70 bits per heavy atom. The first-order valence-corrected chi connectivity index (χ1v) is 6.24. The van der Waals surface area contributed by atoms with Gasteiger partial charge in [0.1, 0.15) is 18.1 Å². The zero-order valence-corrected chi connectivity index (χ0v) is 11.2. The number of aliphatic carboxylic acids is 1. The predicted molar refractivity (Wildman–Crippen MR) is 75.1 cm³/mol. The minimum atomic E-state index is -0.852. The van der Waals surface area contributed by atoms with Gasteiger partial charge in [0.05, 0.1) is 13.5 Å². The molecule has 0 saturated heterocycles. The van der Waals surface area contributed by atoms with Crippen molar-refractivity contribution in [2.75, 3.05) is 7.11 Å². The Bertz CT molecular complexity index is 593. The topological polar surface area (TPSA) is 55.8 Å². The van der Waals surface area contributed by atoms with Crippen molar-refractivity contribution in [2.45, 2.75) is 13.0 Å². The highest BCUT2D eigenvalue weighted by molar-refractivity contribution is 5.70. The van der Waals surface area contributed by atoms with Gasteiger partial charge in [0.15, 0.2) is 0 Å². The van der Waals surface area contributed by atoms with Crippen LogP contribution in [0.5, 0.6) is 11.5 Å². The average Bonchev–Trinajstić information content (AvgIpc) is 2.45. The van der Waals surface area contributed by atoms with Crippen molar-refractivity contribution in [3.63, 3.8) is 0 Å². The van der Waals surface area contributed by atoms with E-state index in [-0.39, 0.29) is 6.42 Å². The maximum absolute atomic E-state index is 10.7. The first kappa shape index (κ1) is 13.9. The molecule has 104 valence electrons. The largest absolute Gasteiger partial charge is 0.497 e. The Morgan fingerprint density at radius 1 is 1.05 bits per heavy atom. The van der Waals surface area contributed by atoms with Crippen molar-refractivity contribution in [3.05, 3.63) is 59.7 Å². The first-order chi connectivity index (χ1) is 9.67. The molecule has 4 nitrogen and oxygen atoms in total. The molecule has 0 atom stereocenters. The van der Waals surface area contributed by atoms with E-state index in [4.69, 9.17) is 14.6 Å². The van der Waals surface area contributed by atoms with Gasteiger partial charge < -0.3 is 14.6 Å². The number of hydrogen-bond donors (Lipinski definition) is 1. The molecule has 0 radical (unpaired) electrons. The molecule has 0 unspecified atom stereocenters. The van der Waals surface area contributed by atoms with Crippen molar-refractivity contribution in [3.8, 4) is 11.5 Å². The molecule has 0 spiro atoms. The summed E-state index contributed by atoms with van der Waals surface area (Å²) < 4.78 is 10.8. The summed E-state index contributed by atoms with van der Waals surface area (Å²) in [5, 5.41) is 8.77. The van der Waals surface area contributed by atoms with Gasteiger partial charge >= 0.3 is 5.97 Å². The molecule has 2 rings (SSSR count). The number of ether oxygens (including phenoxy) is 2. The Kier molecular flexibility index (Phi) is 4.60. The molecule has 0 saturated carbocycles. The minimum Gasteiger partial charge on any atom is -0.497 e. The van der Waals surface area contributed by atoms with Crippen molar-refractivity contribution < 1.29 is 19.4 Å². The number of carbonyl (C=O) groups is 1. The van der Waals surface area contributed by atoms with E-state index in [0.29, 0.717) is 12.4 Å². The van der Waals surface area contributed by atoms with Crippen LogP contribution in [0, 0.1) is 0 Å². The van der Waals surface area contributed by atoms with Crippen LogP contribution in [0.2, 0.25) is 0 Å². The summed E-state index contributed by atoms with van der Waals surface area (Å²) in [6.07, 6.45) is -0.00361. The monoisotopic (exact) mass is 272 g/mol. The van der Waals surface area contributed by atoms with E-state index >= 15 is 0 Å². The lowest BCUT2D eigenvalue weighted by atomic mass is 10.1. The van der Waals surface area contributed by atoms with Crippen LogP contribution in [-0.2, 0) is 17.8 Å². The van der Waals surface area contributed by atoms with Gasteiger partial charge in [-0.3, -0.25) is 4.79 Å². The second-order valence-electron chi connectivity index (χ2n) is 4.36. The normalized spacial score (nSPS) is 10.1. The van der Waals surface area contributed by atoms with Gasteiger partial charge in [-0.25, -0.2) is 0 Å². The third-order valence-electron chi connectivity index (χ3n) is 2.79. The van der Waals surface area contributed by atoms with Gasteiger partial charge in [-0.15, -0.1) is 0 Å². The summed E-state index contributed by atoms with van der Waals surface area (Å²) in [6, 6.07) is 14.7. The highest BCUT2D eigenvalue weighted by Crippen LogP contribution is 2.18. The average molecular weight is 272 g/mol. The minimum absolute atomic E-state index is 0.00361. The van der Waals surface area contributed by atoms with Crippen LogP contribution < -0.4 is 9.47 Å². The molecule has 0 fully saturated rings. The molecule has 20 heavy (non-hydrogen) atoms. The Hall–Kier alpha value is -2.49. The number of carboxylic acid groups (broad SMARTS) is 1. The summed E-state index contributed by atoms with van der Waals surface area (Å²) in [7, 11) is 1.62. The molecule has 0 aliphatic carbocycles. The van der Waals surface area contributed by atoms with E-state index in [9.17, 15) is 4.79 Å². The molecule has 0 aliphatic heterocycles. The van der Waals surface area contributed by atoms with Crippen LogP contribution in [0.15, 0.2) is 48.5 Å². The van der Waals surface area contributed by atoms with Gasteiger partial charge in [-0.1, -0.05) is 24.3 Å². The van der Waals surface area contributed by atoms with Crippen molar-refractivity contribution in [2.24, 2.45) is 0 Å². The highest BCUT2D eigenvalue weighted by Gasteiger charge is 2.03. The van der Waals surface area contributed by atoms with E-state index in [1.165, 1.54) is 0 Å². The number of methoxy groups -OCH3 is 1. The van der Waals surface area contributed by atoms with Crippen molar-refractivity contribution in [1.82, 2.24) is 0 Å². The lowest BCUT2D eigenvalue weighted by molar-refractivity contribution is -0.136. The molecule has 0 bridgehead atoms. The van der Waals surface area contributed by atoms with Crippen LogP contribution in [-0.4, -0.2) is 18.2 Å². The maximum atomic E-state index is 10.7. The number of rotatable bonds is 6. The summed E-state index contributed by atoms with van der Waals surface area (Å²) in [6.45, 7) is 0.410. The second-order valence-corrected chi connectivity index (χ2v) is 4.36. The molecule has 0 heterocycles. The van der Waals surface area contributed by atoms with Gasteiger partial charge in [0.2, 0.25) is 0 Å². The van der Waals surface area contributed by atoms with Crippen LogP contribution in [0.4, 0.5) is 0 Å². The predicted octanol–water partition coefficient (Wildman–Crippen LogP) is 2.90. The van der Waals surface area contributed by atoms with Crippen molar-refractivity contribution in [1.29, 1.82) is 0 Å². The molecule has 0 amide bonds. The SMILES string of the molecule is COc1cccc(COc2cccc(CC(=O)O)c2)c1. The van der Waals surface area contributed by atoms with Gasteiger partial charge in [-0.2, -0.15) is 0 Å². The molecular formula is C16H16O4. The van der Waals surface area contributed by atoms with Crippen LogP contribution in [0.3, 0.4) is 0 Å². The standard InChI is InChI=1S/C16H16O4/c1-19-14-6-3-5-13(9-14)11-20-15-7-2-4-12(8-15)10-16(17)18/h2-9H,10-11H2,1H3,(H,17,18). The zero-order chi connectivity index (χ0) is 14.4. The molecule has 2 aromatic rings. The molecule has 4 heteroatoms. The third kappa shape index (κ3) is 4.02.